The minimum absolute atomic E-state index is 0.0995. The number of rotatable bonds is 4. The van der Waals surface area contributed by atoms with Crippen molar-refractivity contribution in [3.63, 3.8) is 0 Å². The third kappa shape index (κ3) is 4.69. The van der Waals surface area contributed by atoms with Crippen molar-refractivity contribution in [3.05, 3.63) is 52.5 Å². The number of hydrogen-bond donors (Lipinski definition) is 1. The van der Waals surface area contributed by atoms with Crippen LogP contribution in [0.15, 0.2) is 42.5 Å². The van der Waals surface area contributed by atoms with Crippen LogP contribution in [0, 0.1) is 0 Å². The predicted octanol–water partition coefficient (Wildman–Crippen LogP) is 4.85. The topological polar surface area (TPSA) is 33.7 Å². The Morgan fingerprint density at radius 2 is 1.88 bits per heavy atom. The Morgan fingerprint density at radius 1 is 1.20 bits per heavy atom. The number of nitrogens with one attached hydrogen (secondary N) is 1. The Morgan fingerprint density at radius 3 is 2.56 bits per heavy atom. The number of likely N-dealkylation sites (N-methyl/N-ethyl adjacent to an activating group) is 1. The number of hydrogen-bond acceptors (Lipinski definition) is 3. The number of anilines is 1. The molecule has 0 aromatic heterocycles. The highest BCUT2D eigenvalue weighted by Gasteiger charge is 2.23. The molecule has 1 aliphatic heterocycles. The van der Waals surface area contributed by atoms with Crippen molar-refractivity contribution in [3.8, 4) is 11.5 Å². The van der Waals surface area contributed by atoms with Crippen molar-refractivity contribution in [1.29, 1.82) is 0 Å². The van der Waals surface area contributed by atoms with Crippen molar-refractivity contribution < 1.29 is 9.47 Å². The number of nitrogens with zero attached hydrogens (tertiary/aromatic N) is 1. The van der Waals surface area contributed by atoms with E-state index in [1.54, 1.807) is 18.2 Å². The molecule has 7 heteroatoms. The minimum Gasteiger partial charge on any atom is -0.486 e. The maximum Gasteiger partial charge on any atom is 0.173 e. The molecular formula is C18H18Cl2N2O2S. The van der Waals surface area contributed by atoms with Gasteiger partial charge in [-0.3, -0.25) is 0 Å². The zero-order chi connectivity index (χ0) is 17.8. The van der Waals surface area contributed by atoms with E-state index in [2.05, 4.69) is 5.32 Å². The smallest absolute Gasteiger partial charge is 0.173 e. The molecule has 0 saturated heterocycles. The van der Waals surface area contributed by atoms with Crippen LogP contribution in [0.5, 0.6) is 11.5 Å². The van der Waals surface area contributed by atoms with E-state index in [0.717, 1.165) is 23.7 Å². The van der Waals surface area contributed by atoms with Crippen molar-refractivity contribution in [2.75, 3.05) is 25.0 Å². The molecule has 0 fully saturated rings. The fourth-order valence-corrected chi connectivity index (χ4v) is 3.43. The standard InChI is InChI=1S/C18H18Cl2N2O2S/c1-2-22(18(25)21-14-8-12(19)7-13(20)9-14)10-15-11-23-16-5-3-4-6-17(16)24-15/h3-9,15H,2,10-11H2,1H3,(H,21,25)/t15-/m0/s1. The van der Waals surface area contributed by atoms with Gasteiger partial charge < -0.3 is 19.7 Å². The molecule has 25 heavy (non-hydrogen) atoms. The van der Waals surface area contributed by atoms with Crippen LogP contribution >= 0.6 is 35.4 Å². The van der Waals surface area contributed by atoms with Gasteiger partial charge in [-0.05, 0) is 49.5 Å². The molecule has 4 nitrogen and oxygen atoms in total. The zero-order valence-electron chi connectivity index (χ0n) is 13.7. The van der Waals surface area contributed by atoms with E-state index in [9.17, 15) is 0 Å². The van der Waals surface area contributed by atoms with Gasteiger partial charge in [0.05, 0.1) is 6.54 Å². The summed E-state index contributed by atoms with van der Waals surface area (Å²) in [6.45, 7) is 3.88. The third-order valence-corrected chi connectivity index (χ3v) is 4.57. The van der Waals surface area contributed by atoms with Gasteiger partial charge in [0.25, 0.3) is 0 Å². The molecule has 3 rings (SSSR count). The molecule has 0 saturated carbocycles. The summed E-state index contributed by atoms with van der Waals surface area (Å²) in [7, 11) is 0. The molecule has 0 spiro atoms. The Labute approximate surface area is 162 Å². The second-order valence-electron chi connectivity index (χ2n) is 5.62. The predicted molar refractivity (Wildman–Crippen MR) is 106 cm³/mol. The lowest BCUT2D eigenvalue weighted by atomic mass is 10.2. The van der Waals surface area contributed by atoms with Crippen LogP contribution in [0.25, 0.3) is 0 Å². The van der Waals surface area contributed by atoms with Gasteiger partial charge in [-0.2, -0.15) is 0 Å². The molecule has 0 amide bonds. The van der Waals surface area contributed by atoms with E-state index in [-0.39, 0.29) is 6.10 Å². The summed E-state index contributed by atoms with van der Waals surface area (Å²) in [6.07, 6.45) is -0.0995. The van der Waals surface area contributed by atoms with Crippen LogP contribution in [0.2, 0.25) is 10.0 Å². The Kier molecular flexibility index (Phi) is 5.89. The summed E-state index contributed by atoms with van der Waals surface area (Å²) in [4.78, 5) is 2.02. The van der Waals surface area contributed by atoms with Crippen LogP contribution in [0.4, 0.5) is 5.69 Å². The van der Waals surface area contributed by atoms with Crippen LogP contribution < -0.4 is 14.8 Å². The molecule has 0 bridgehead atoms. The number of thiocarbonyl (C=S) groups is 1. The molecular weight excluding hydrogens is 379 g/mol. The normalized spacial score (nSPS) is 15.6. The summed E-state index contributed by atoms with van der Waals surface area (Å²) in [5.74, 6) is 1.53. The quantitative estimate of drug-likeness (QED) is 0.746. The average molecular weight is 397 g/mol. The van der Waals surface area contributed by atoms with Crippen LogP contribution in [-0.4, -0.2) is 35.8 Å². The number of halogens is 2. The first kappa shape index (κ1) is 18.1. The summed E-state index contributed by atoms with van der Waals surface area (Å²) >= 11 is 17.6. The fourth-order valence-electron chi connectivity index (χ4n) is 2.58. The van der Waals surface area contributed by atoms with E-state index >= 15 is 0 Å². The molecule has 2 aromatic rings. The van der Waals surface area contributed by atoms with Gasteiger partial charge in [-0.15, -0.1) is 0 Å². The van der Waals surface area contributed by atoms with Crippen LogP contribution in [-0.2, 0) is 0 Å². The Bertz CT molecular complexity index is 752. The van der Waals surface area contributed by atoms with Crippen molar-refractivity contribution in [1.82, 2.24) is 4.90 Å². The van der Waals surface area contributed by atoms with Crippen molar-refractivity contribution in [2.24, 2.45) is 0 Å². The van der Waals surface area contributed by atoms with Gasteiger partial charge in [-0.25, -0.2) is 0 Å². The maximum atomic E-state index is 6.03. The molecule has 0 radical (unpaired) electrons. The Balaban J connectivity index is 1.63. The van der Waals surface area contributed by atoms with E-state index in [1.807, 2.05) is 36.1 Å². The van der Waals surface area contributed by atoms with Crippen LogP contribution in [0.3, 0.4) is 0 Å². The molecule has 0 aliphatic carbocycles. The molecule has 1 atom stereocenters. The fraction of sp³-hybridized carbons (Fsp3) is 0.278. The number of para-hydroxylation sites is 2. The van der Waals surface area contributed by atoms with E-state index in [4.69, 9.17) is 44.9 Å². The van der Waals surface area contributed by atoms with Crippen molar-refractivity contribution >= 4 is 46.2 Å². The molecule has 1 N–H and O–H groups in total. The van der Waals surface area contributed by atoms with Gasteiger partial charge in [0.2, 0.25) is 0 Å². The molecule has 2 aromatic carbocycles. The monoisotopic (exact) mass is 396 g/mol. The highest BCUT2D eigenvalue weighted by atomic mass is 35.5. The van der Waals surface area contributed by atoms with E-state index in [1.165, 1.54) is 0 Å². The zero-order valence-corrected chi connectivity index (χ0v) is 16.0. The molecule has 1 heterocycles. The van der Waals surface area contributed by atoms with Crippen LogP contribution in [0.1, 0.15) is 6.92 Å². The first-order valence-electron chi connectivity index (χ1n) is 7.95. The second-order valence-corrected chi connectivity index (χ2v) is 6.88. The summed E-state index contributed by atoms with van der Waals surface area (Å²) in [5, 5.41) is 4.88. The van der Waals surface area contributed by atoms with Crippen molar-refractivity contribution in [2.45, 2.75) is 13.0 Å². The lowest BCUT2D eigenvalue weighted by molar-refractivity contribution is 0.0754. The number of benzene rings is 2. The van der Waals surface area contributed by atoms with Gasteiger partial charge in [0, 0.05) is 22.3 Å². The van der Waals surface area contributed by atoms with Gasteiger partial charge in [0.1, 0.15) is 6.61 Å². The highest BCUT2D eigenvalue weighted by Crippen LogP contribution is 2.31. The Hall–Kier alpha value is -1.69. The first-order chi connectivity index (χ1) is 12.0. The number of ether oxygens (including phenoxy) is 2. The molecule has 0 unspecified atom stereocenters. The third-order valence-electron chi connectivity index (χ3n) is 3.77. The molecule has 132 valence electrons. The SMILES string of the molecule is CCN(C[C@H]1COc2ccccc2O1)C(=S)Nc1cc(Cl)cc(Cl)c1. The number of fused-ring (bicyclic) bond motifs is 1. The summed E-state index contributed by atoms with van der Waals surface area (Å²) in [5.41, 5.74) is 0.757. The lowest BCUT2D eigenvalue weighted by Crippen LogP contribution is -2.45. The molecule has 1 aliphatic rings. The second kappa shape index (κ2) is 8.13. The summed E-state index contributed by atoms with van der Waals surface area (Å²) in [6, 6.07) is 12.9. The van der Waals surface area contributed by atoms with E-state index < -0.39 is 0 Å². The first-order valence-corrected chi connectivity index (χ1v) is 9.12. The summed E-state index contributed by atoms with van der Waals surface area (Å²) < 4.78 is 11.8. The van der Waals surface area contributed by atoms with Gasteiger partial charge >= 0.3 is 0 Å². The largest absolute Gasteiger partial charge is 0.486 e. The maximum absolute atomic E-state index is 6.03. The lowest BCUT2D eigenvalue weighted by Gasteiger charge is -2.32. The highest BCUT2D eigenvalue weighted by molar-refractivity contribution is 7.80. The van der Waals surface area contributed by atoms with Gasteiger partial charge in [-0.1, -0.05) is 35.3 Å². The van der Waals surface area contributed by atoms with E-state index in [0.29, 0.717) is 28.3 Å². The minimum atomic E-state index is -0.0995. The average Bonchev–Trinajstić information content (AvgIpc) is 2.58. The van der Waals surface area contributed by atoms with Gasteiger partial charge in [0.15, 0.2) is 22.7 Å².